The summed E-state index contributed by atoms with van der Waals surface area (Å²) < 4.78 is 23.0. The van der Waals surface area contributed by atoms with Crippen LogP contribution in [0.1, 0.15) is 51.4 Å². The summed E-state index contributed by atoms with van der Waals surface area (Å²) in [6, 6.07) is 27.5. The molecule has 2 atom stereocenters. The first-order valence-corrected chi connectivity index (χ1v) is 15.0. The summed E-state index contributed by atoms with van der Waals surface area (Å²) in [7, 11) is 4.84. The number of carbonyl (C=O) groups is 1. The fourth-order valence-electron chi connectivity index (χ4n) is 6.08. The van der Waals surface area contributed by atoms with Crippen molar-refractivity contribution in [2.24, 2.45) is 4.99 Å². The molecule has 7 nitrogen and oxygen atoms in total. The molecule has 0 amide bonds. The van der Waals surface area contributed by atoms with Gasteiger partial charge in [-0.2, -0.15) is 0 Å². The Balaban J connectivity index is 1.48. The highest BCUT2D eigenvalue weighted by Gasteiger charge is 2.39. The second-order valence-corrected chi connectivity index (χ2v) is 11.2. The molecular formula is C38H39NO6. The SMILES string of the molecule is COc1cc(CC2(C(CCCc3ccccc3)c3ccc(Oc4cc(C)ccc4C(=O)O)cc3)C=CC=N2)cc(OC)c1OC. The Labute approximate surface area is 264 Å². The number of hydrogen-bond donors (Lipinski definition) is 1. The molecular weight excluding hydrogens is 566 g/mol. The van der Waals surface area contributed by atoms with Crippen molar-refractivity contribution in [2.45, 2.75) is 44.1 Å². The molecule has 0 radical (unpaired) electrons. The lowest BCUT2D eigenvalue weighted by Crippen LogP contribution is -2.34. The van der Waals surface area contributed by atoms with E-state index in [1.54, 1.807) is 39.5 Å². The van der Waals surface area contributed by atoms with Gasteiger partial charge in [-0.05, 0) is 90.9 Å². The number of aliphatic imine (C=N–C) groups is 1. The van der Waals surface area contributed by atoms with Crippen molar-refractivity contribution >= 4 is 12.2 Å². The van der Waals surface area contributed by atoms with Gasteiger partial charge in [-0.15, -0.1) is 0 Å². The summed E-state index contributed by atoms with van der Waals surface area (Å²) in [5.74, 6) is 1.66. The van der Waals surface area contributed by atoms with Crippen LogP contribution in [0, 0.1) is 6.92 Å². The van der Waals surface area contributed by atoms with Crippen molar-refractivity contribution in [1.29, 1.82) is 0 Å². The summed E-state index contributed by atoms with van der Waals surface area (Å²) in [4.78, 5) is 16.9. The van der Waals surface area contributed by atoms with Gasteiger partial charge in [-0.1, -0.05) is 54.6 Å². The number of rotatable bonds is 14. The molecule has 0 saturated heterocycles. The largest absolute Gasteiger partial charge is 0.493 e. The highest BCUT2D eigenvalue weighted by Crippen LogP contribution is 2.45. The third-order valence-corrected chi connectivity index (χ3v) is 8.28. The summed E-state index contributed by atoms with van der Waals surface area (Å²) in [5.41, 5.74) is 3.94. The van der Waals surface area contributed by atoms with Crippen molar-refractivity contribution in [2.75, 3.05) is 21.3 Å². The van der Waals surface area contributed by atoms with E-state index in [9.17, 15) is 9.90 Å². The average Bonchev–Trinajstić information content (AvgIpc) is 3.52. The molecule has 0 fully saturated rings. The van der Waals surface area contributed by atoms with Crippen LogP contribution in [0.15, 0.2) is 102 Å². The minimum Gasteiger partial charge on any atom is -0.493 e. The molecule has 2 unspecified atom stereocenters. The van der Waals surface area contributed by atoms with Gasteiger partial charge in [0.25, 0.3) is 0 Å². The zero-order valence-corrected chi connectivity index (χ0v) is 26.2. The fraction of sp³-hybridized carbons (Fsp3) is 0.263. The maximum absolute atomic E-state index is 11.8. The molecule has 0 bridgehead atoms. The number of allylic oxidation sites excluding steroid dienone is 1. The maximum atomic E-state index is 11.8. The van der Waals surface area contributed by atoms with E-state index < -0.39 is 11.5 Å². The van der Waals surface area contributed by atoms with Crippen molar-refractivity contribution in [1.82, 2.24) is 0 Å². The molecule has 0 spiro atoms. The third-order valence-electron chi connectivity index (χ3n) is 8.28. The van der Waals surface area contributed by atoms with Crippen molar-refractivity contribution in [3.63, 3.8) is 0 Å². The second kappa shape index (κ2) is 14.2. The lowest BCUT2D eigenvalue weighted by Gasteiger charge is -2.35. The van der Waals surface area contributed by atoms with E-state index in [0.29, 0.717) is 35.2 Å². The first-order chi connectivity index (χ1) is 21.9. The van der Waals surface area contributed by atoms with Crippen LogP contribution in [0.25, 0.3) is 0 Å². The van der Waals surface area contributed by atoms with Crippen LogP contribution >= 0.6 is 0 Å². The van der Waals surface area contributed by atoms with Gasteiger partial charge in [-0.3, -0.25) is 4.99 Å². The molecule has 0 saturated carbocycles. The number of nitrogens with zero attached hydrogens (tertiary/aromatic N) is 1. The van der Waals surface area contributed by atoms with Gasteiger partial charge >= 0.3 is 5.97 Å². The maximum Gasteiger partial charge on any atom is 0.339 e. The number of carboxylic acid groups (broad SMARTS) is 1. The van der Waals surface area contributed by atoms with Gasteiger partial charge in [0.15, 0.2) is 11.5 Å². The molecule has 1 aliphatic heterocycles. The van der Waals surface area contributed by atoms with Crippen LogP contribution in [-0.4, -0.2) is 44.2 Å². The van der Waals surface area contributed by atoms with E-state index in [-0.39, 0.29) is 11.5 Å². The minimum atomic E-state index is -1.03. The Morgan fingerprint density at radius 3 is 2.16 bits per heavy atom. The van der Waals surface area contributed by atoms with E-state index in [1.165, 1.54) is 5.56 Å². The minimum absolute atomic E-state index is 0.0397. The van der Waals surface area contributed by atoms with Crippen LogP contribution < -0.4 is 18.9 Å². The van der Waals surface area contributed by atoms with Gasteiger partial charge in [0.1, 0.15) is 17.1 Å². The molecule has 0 aliphatic carbocycles. The molecule has 7 heteroatoms. The van der Waals surface area contributed by atoms with Gasteiger partial charge in [-0.25, -0.2) is 4.79 Å². The Kier molecular flexibility index (Phi) is 9.88. The van der Waals surface area contributed by atoms with Gasteiger partial charge in [0.05, 0.1) is 26.9 Å². The molecule has 45 heavy (non-hydrogen) atoms. The fourth-order valence-corrected chi connectivity index (χ4v) is 6.08. The number of methoxy groups -OCH3 is 3. The topological polar surface area (TPSA) is 86.6 Å². The number of aromatic carboxylic acids is 1. The van der Waals surface area contributed by atoms with Crippen molar-refractivity contribution in [3.05, 3.63) is 125 Å². The average molecular weight is 606 g/mol. The lowest BCUT2D eigenvalue weighted by molar-refractivity contribution is 0.0694. The summed E-state index contributed by atoms with van der Waals surface area (Å²) in [5, 5.41) is 9.66. The second-order valence-electron chi connectivity index (χ2n) is 11.2. The number of ether oxygens (including phenoxy) is 4. The lowest BCUT2D eigenvalue weighted by atomic mass is 9.73. The molecule has 0 aromatic heterocycles. The van der Waals surface area contributed by atoms with Crippen LogP contribution in [0.2, 0.25) is 0 Å². The molecule has 232 valence electrons. The molecule has 4 aromatic rings. The van der Waals surface area contributed by atoms with E-state index in [4.69, 9.17) is 23.9 Å². The number of carboxylic acids is 1. The Morgan fingerprint density at radius 2 is 1.56 bits per heavy atom. The van der Waals surface area contributed by atoms with Crippen LogP contribution in [-0.2, 0) is 12.8 Å². The Morgan fingerprint density at radius 1 is 0.844 bits per heavy atom. The highest BCUT2D eigenvalue weighted by molar-refractivity contribution is 5.91. The summed E-state index contributed by atoms with van der Waals surface area (Å²) in [6.07, 6.45) is 9.53. The zero-order chi connectivity index (χ0) is 31.8. The number of benzene rings is 4. The number of hydrogen-bond acceptors (Lipinski definition) is 6. The highest BCUT2D eigenvalue weighted by atomic mass is 16.5. The molecule has 1 aliphatic rings. The normalized spacial score (nSPS) is 15.9. The molecule has 1 N–H and O–H groups in total. The van der Waals surface area contributed by atoms with Crippen LogP contribution in [0.5, 0.6) is 28.7 Å². The molecule has 5 rings (SSSR count). The molecule has 1 heterocycles. The monoisotopic (exact) mass is 605 g/mol. The summed E-state index contributed by atoms with van der Waals surface area (Å²) >= 11 is 0. The predicted molar refractivity (Wildman–Crippen MR) is 177 cm³/mol. The van der Waals surface area contributed by atoms with Crippen molar-refractivity contribution < 1.29 is 28.8 Å². The van der Waals surface area contributed by atoms with Crippen LogP contribution in [0.3, 0.4) is 0 Å². The van der Waals surface area contributed by atoms with Crippen LogP contribution in [0.4, 0.5) is 0 Å². The zero-order valence-electron chi connectivity index (χ0n) is 26.2. The van der Waals surface area contributed by atoms with E-state index in [1.807, 2.05) is 49.5 Å². The Bertz CT molecular complexity index is 1640. The first-order valence-electron chi connectivity index (χ1n) is 15.0. The van der Waals surface area contributed by atoms with Gasteiger partial charge < -0.3 is 24.1 Å². The summed E-state index contributed by atoms with van der Waals surface area (Å²) in [6.45, 7) is 1.91. The van der Waals surface area contributed by atoms with E-state index in [0.717, 1.165) is 36.0 Å². The first kappa shape index (κ1) is 31.4. The molecule has 4 aromatic carbocycles. The van der Waals surface area contributed by atoms with Gasteiger partial charge in [0, 0.05) is 18.6 Å². The predicted octanol–water partition coefficient (Wildman–Crippen LogP) is 8.24. The van der Waals surface area contributed by atoms with Gasteiger partial charge in [0.2, 0.25) is 5.75 Å². The quantitative estimate of drug-likeness (QED) is 0.156. The standard InChI is InChI=1S/C38H39NO6/c1-26-14-19-31(37(40)41)33(22-26)45-30-17-15-29(16-18-30)32(13-8-12-27-10-6-5-7-11-27)38(20-9-21-39-38)25-28-23-34(42-2)36(44-4)35(24-28)43-3/h5-7,9-11,14-24,32H,8,12-13,25H2,1-4H3,(H,40,41). The smallest absolute Gasteiger partial charge is 0.339 e. The Hall–Kier alpha value is -5.04. The van der Waals surface area contributed by atoms with E-state index >= 15 is 0 Å². The third kappa shape index (κ3) is 7.20. The van der Waals surface area contributed by atoms with Crippen molar-refractivity contribution in [3.8, 4) is 28.7 Å². The van der Waals surface area contributed by atoms with E-state index in [2.05, 4.69) is 42.5 Å². The number of aryl methyl sites for hydroxylation is 2.